The van der Waals surface area contributed by atoms with E-state index in [1.807, 2.05) is 6.26 Å². The predicted molar refractivity (Wildman–Crippen MR) is 65.4 cm³/mol. The molecule has 2 nitrogen and oxygen atoms in total. The fraction of sp³-hybridized carbons (Fsp3) is 0.417. The van der Waals surface area contributed by atoms with E-state index in [2.05, 4.69) is 4.74 Å². The van der Waals surface area contributed by atoms with E-state index in [-0.39, 0.29) is 5.78 Å². The molecule has 0 radical (unpaired) electrons. The van der Waals surface area contributed by atoms with Crippen molar-refractivity contribution in [2.24, 2.45) is 0 Å². The summed E-state index contributed by atoms with van der Waals surface area (Å²) < 4.78 is 52.9. The van der Waals surface area contributed by atoms with Gasteiger partial charge in [0.2, 0.25) is 0 Å². The number of benzene rings is 1. The molecular weight excluding hydrogens is 284 g/mol. The average molecular weight is 296 g/mol. The number of ketones is 1. The second-order valence-electron chi connectivity index (χ2n) is 3.65. The van der Waals surface area contributed by atoms with Gasteiger partial charge in [-0.2, -0.15) is 29.3 Å². The molecule has 19 heavy (non-hydrogen) atoms. The maximum absolute atomic E-state index is 12.6. The Morgan fingerprint density at radius 1 is 1.32 bits per heavy atom. The number of halogens is 4. The van der Waals surface area contributed by atoms with Crippen LogP contribution >= 0.6 is 11.8 Å². The summed E-state index contributed by atoms with van der Waals surface area (Å²) in [6.45, 7) is 0. The molecular formula is C12H12F4O2S. The third-order valence-electron chi connectivity index (χ3n) is 2.22. The summed E-state index contributed by atoms with van der Waals surface area (Å²) in [5, 5.41) is 0. The SMILES string of the molecule is CSCCC(=O)c1ccc(OC(F)(F)C(F)F)cc1. The number of ether oxygens (including phenoxy) is 1. The third-order valence-corrected chi connectivity index (χ3v) is 2.83. The minimum atomic E-state index is -4.54. The van der Waals surface area contributed by atoms with Crippen LogP contribution in [-0.2, 0) is 0 Å². The summed E-state index contributed by atoms with van der Waals surface area (Å²) >= 11 is 1.51. The highest BCUT2D eigenvalue weighted by Crippen LogP contribution is 2.27. The van der Waals surface area contributed by atoms with E-state index in [1.54, 1.807) is 0 Å². The van der Waals surface area contributed by atoms with Crippen LogP contribution in [0.5, 0.6) is 5.75 Å². The Hall–Kier alpha value is -1.24. The molecule has 0 N–H and O–H groups in total. The lowest BCUT2D eigenvalue weighted by Crippen LogP contribution is -2.33. The van der Waals surface area contributed by atoms with E-state index >= 15 is 0 Å². The number of hydrogen-bond donors (Lipinski definition) is 0. The molecule has 0 aliphatic heterocycles. The number of carbonyl (C=O) groups excluding carboxylic acids is 1. The first kappa shape index (κ1) is 15.8. The summed E-state index contributed by atoms with van der Waals surface area (Å²) in [6.07, 6.45) is -6.26. The van der Waals surface area contributed by atoms with E-state index < -0.39 is 18.3 Å². The van der Waals surface area contributed by atoms with Gasteiger partial charge < -0.3 is 4.74 Å². The highest BCUT2D eigenvalue weighted by Gasteiger charge is 2.43. The van der Waals surface area contributed by atoms with Crippen molar-refractivity contribution in [2.75, 3.05) is 12.0 Å². The molecule has 1 aromatic carbocycles. The highest BCUT2D eigenvalue weighted by molar-refractivity contribution is 7.98. The summed E-state index contributed by atoms with van der Waals surface area (Å²) in [4.78, 5) is 11.6. The van der Waals surface area contributed by atoms with E-state index in [0.29, 0.717) is 17.7 Å². The standard InChI is InChI=1S/C12H12F4O2S/c1-19-7-6-10(17)8-2-4-9(5-3-8)18-12(15,16)11(13)14/h2-5,11H,6-7H2,1H3. The Morgan fingerprint density at radius 3 is 2.37 bits per heavy atom. The summed E-state index contributed by atoms with van der Waals surface area (Å²) in [7, 11) is 0. The molecule has 0 spiro atoms. The lowest BCUT2D eigenvalue weighted by Gasteiger charge is -2.16. The Kier molecular flexibility index (Phi) is 5.65. The average Bonchev–Trinajstić information content (AvgIpc) is 2.36. The zero-order valence-electron chi connectivity index (χ0n) is 10.0. The first-order valence-electron chi connectivity index (χ1n) is 5.34. The Labute approximate surface area is 112 Å². The zero-order chi connectivity index (χ0) is 14.5. The molecule has 0 bridgehead atoms. The molecule has 1 rings (SSSR count). The first-order chi connectivity index (χ1) is 8.86. The maximum Gasteiger partial charge on any atom is 0.461 e. The molecule has 0 saturated carbocycles. The summed E-state index contributed by atoms with van der Waals surface area (Å²) in [5.74, 6) is 0.105. The van der Waals surface area contributed by atoms with E-state index in [1.165, 1.54) is 23.9 Å². The van der Waals surface area contributed by atoms with Gasteiger partial charge in [-0.1, -0.05) is 0 Å². The van der Waals surface area contributed by atoms with E-state index in [4.69, 9.17) is 0 Å². The smallest absolute Gasteiger partial charge is 0.428 e. The summed E-state index contributed by atoms with van der Waals surface area (Å²) in [6, 6.07) is 4.70. The fourth-order valence-electron chi connectivity index (χ4n) is 1.25. The van der Waals surface area contributed by atoms with Crippen LogP contribution in [0.1, 0.15) is 16.8 Å². The van der Waals surface area contributed by atoms with Crippen molar-refractivity contribution >= 4 is 17.5 Å². The van der Waals surface area contributed by atoms with Crippen molar-refractivity contribution in [3.05, 3.63) is 29.8 Å². The van der Waals surface area contributed by atoms with Gasteiger partial charge >= 0.3 is 12.5 Å². The van der Waals surface area contributed by atoms with Crippen molar-refractivity contribution in [3.8, 4) is 5.75 Å². The number of Topliss-reactive ketones (excluding diaryl/α,β-unsaturated/α-hetero) is 1. The van der Waals surface area contributed by atoms with E-state index in [0.717, 1.165) is 12.1 Å². The number of hydrogen-bond acceptors (Lipinski definition) is 3. The lowest BCUT2D eigenvalue weighted by atomic mass is 10.1. The van der Waals surface area contributed by atoms with Crippen molar-refractivity contribution in [3.63, 3.8) is 0 Å². The van der Waals surface area contributed by atoms with Crippen LogP contribution in [0.4, 0.5) is 17.6 Å². The largest absolute Gasteiger partial charge is 0.461 e. The van der Waals surface area contributed by atoms with Crippen molar-refractivity contribution < 1.29 is 27.1 Å². The van der Waals surface area contributed by atoms with Crippen molar-refractivity contribution in [1.29, 1.82) is 0 Å². The Bertz CT molecular complexity index is 420. The molecule has 7 heteroatoms. The van der Waals surface area contributed by atoms with Crippen LogP contribution < -0.4 is 4.74 Å². The molecule has 0 aliphatic rings. The minimum Gasteiger partial charge on any atom is -0.428 e. The van der Waals surface area contributed by atoms with Gasteiger partial charge in [-0.05, 0) is 30.5 Å². The Morgan fingerprint density at radius 2 is 1.89 bits per heavy atom. The number of thioether (sulfide) groups is 1. The molecule has 0 amide bonds. The number of rotatable bonds is 7. The van der Waals surface area contributed by atoms with Gasteiger partial charge in [-0.3, -0.25) is 4.79 Å². The Balaban J connectivity index is 2.69. The molecule has 0 heterocycles. The normalized spacial score (nSPS) is 11.7. The van der Waals surface area contributed by atoms with Gasteiger partial charge in [0.15, 0.2) is 5.78 Å². The number of alkyl halides is 4. The quantitative estimate of drug-likeness (QED) is 0.564. The molecule has 0 atom stereocenters. The third kappa shape index (κ3) is 4.74. The second-order valence-corrected chi connectivity index (χ2v) is 4.64. The van der Waals surface area contributed by atoms with Gasteiger partial charge in [0.05, 0.1) is 0 Å². The van der Waals surface area contributed by atoms with Gasteiger partial charge in [0.1, 0.15) is 5.75 Å². The topological polar surface area (TPSA) is 26.3 Å². The zero-order valence-corrected chi connectivity index (χ0v) is 10.9. The molecule has 0 aliphatic carbocycles. The number of carbonyl (C=O) groups is 1. The van der Waals surface area contributed by atoms with Crippen LogP contribution in [0, 0.1) is 0 Å². The second kappa shape index (κ2) is 6.79. The molecule has 0 fully saturated rings. The maximum atomic E-state index is 12.6. The highest BCUT2D eigenvalue weighted by atomic mass is 32.2. The van der Waals surface area contributed by atoms with Gasteiger partial charge in [0.25, 0.3) is 0 Å². The van der Waals surface area contributed by atoms with Crippen molar-refractivity contribution in [1.82, 2.24) is 0 Å². The monoisotopic (exact) mass is 296 g/mol. The first-order valence-corrected chi connectivity index (χ1v) is 6.73. The van der Waals surface area contributed by atoms with Gasteiger partial charge in [-0.25, -0.2) is 0 Å². The van der Waals surface area contributed by atoms with Gasteiger partial charge in [0, 0.05) is 17.7 Å². The van der Waals surface area contributed by atoms with Gasteiger partial charge in [-0.15, -0.1) is 0 Å². The van der Waals surface area contributed by atoms with E-state index in [9.17, 15) is 22.4 Å². The minimum absolute atomic E-state index is 0.137. The fourth-order valence-corrected chi connectivity index (χ4v) is 1.64. The molecule has 106 valence electrons. The lowest BCUT2D eigenvalue weighted by molar-refractivity contribution is -0.253. The van der Waals surface area contributed by atoms with Crippen LogP contribution in [0.15, 0.2) is 24.3 Å². The molecule has 0 unspecified atom stereocenters. The predicted octanol–water partition coefficient (Wildman–Crippen LogP) is 3.86. The van der Waals surface area contributed by atoms with Crippen LogP contribution in [0.25, 0.3) is 0 Å². The van der Waals surface area contributed by atoms with Crippen LogP contribution in [-0.4, -0.2) is 30.3 Å². The summed E-state index contributed by atoms with van der Waals surface area (Å²) in [5.41, 5.74) is 0.335. The van der Waals surface area contributed by atoms with Crippen LogP contribution in [0.3, 0.4) is 0 Å². The van der Waals surface area contributed by atoms with Crippen molar-refractivity contribution in [2.45, 2.75) is 19.0 Å². The molecule has 0 saturated heterocycles. The van der Waals surface area contributed by atoms with Crippen LogP contribution in [0.2, 0.25) is 0 Å². The molecule has 1 aromatic rings. The molecule has 0 aromatic heterocycles.